The van der Waals surface area contributed by atoms with Gasteiger partial charge < -0.3 is 0 Å². The van der Waals surface area contributed by atoms with E-state index in [0.717, 1.165) is 0 Å². The minimum atomic E-state index is -2.54. The first-order valence-corrected chi connectivity index (χ1v) is 6.05. The third kappa shape index (κ3) is 2.08. The van der Waals surface area contributed by atoms with Crippen LogP contribution in [0.25, 0.3) is 0 Å². The molecule has 78 valence electrons. The molecule has 0 aliphatic carbocycles. The fourth-order valence-corrected chi connectivity index (χ4v) is 2.32. The Morgan fingerprint density at radius 2 is 1.71 bits per heavy atom. The van der Waals surface area contributed by atoms with Crippen molar-refractivity contribution in [3.05, 3.63) is 35.4 Å². The van der Waals surface area contributed by atoms with Gasteiger partial charge in [0.05, 0.1) is 0 Å². The summed E-state index contributed by atoms with van der Waals surface area (Å²) >= 11 is 0. The van der Waals surface area contributed by atoms with Gasteiger partial charge in [0.15, 0.2) is 0 Å². The first kappa shape index (κ1) is 11.5. The molecule has 0 amide bonds. The van der Waals surface area contributed by atoms with E-state index in [1.807, 2.05) is 24.3 Å². The van der Waals surface area contributed by atoms with Gasteiger partial charge in [-0.15, -0.1) is 12.4 Å². The average Bonchev–Trinajstić information content (AvgIpc) is 2.45. The zero-order chi connectivity index (χ0) is 9.47. The molecule has 1 aliphatic rings. The van der Waals surface area contributed by atoms with Gasteiger partial charge in [-0.3, -0.25) is 0 Å². The average molecular weight is 233 g/mol. The fraction of sp³-hybridized carbons (Fsp3) is 0.333. The fourth-order valence-electron chi connectivity index (χ4n) is 1.55. The highest BCUT2D eigenvalue weighted by Gasteiger charge is 2.22. The van der Waals surface area contributed by atoms with Crippen molar-refractivity contribution in [2.45, 2.75) is 13.1 Å². The zero-order valence-electron chi connectivity index (χ0n) is 7.90. The van der Waals surface area contributed by atoms with E-state index >= 15 is 0 Å². The summed E-state index contributed by atoms with van der Waals surface area (Å²) in [5, 5.41) is 0. The van der Waals surface area contributed by atoms with E-state index in [1.54, 1.807) is 4.31 Å². The van der Waals surface area contributed by atoms with E-state index in [1.165, 1.54) is 17.4 Å². The van der Waals surface area contributed by atoms with Crippen molar-refractivity contribution in [1.29, 1.82) is 4.78 Å². The molecule has 14 heavy (non-hydrogen) atoms. The molecule has 0 spiro atoms. The predicted molar refractivity (Wildman–Crippen MR) is 59.7 cm³/mol. The highest BCUT2D eigenvalue weighted by molar-refractivity contribution is 7.89. The second-order valence-corrected chi connectivity index (χ2v) is 5.49. The molecule has 1 heterocycles. The summed E-state index contributed by atoms with van der Waals surface area (Å²) in [7, 11) is -2.54. The third-order valence-electron chi connectivity index (χ3n) is 2.30. The van der Waals surface area contributed by atoms with Gasteiger partial charge in [-0.1, -0.05) is 24.3 Å². The SMILES string of the molecule is CS(=N)(=O)N1Cc2ccccc2C1.Cl. The summed E-state index contributed by atoms with van der Waals surface area (Å²) in [5.41, 5.74) is 2.40. The quantitative estimate of drug-likeness (QED) is 0.791. The van der Waals surface area contributed by atoms with Crippen molar-refractivity contribution in [2.75, 3.05) is 6.26 Å². The van der Waals surface area contributed by atoms with Crippen molar-refractivity contribution in [1.82, 2.24) is 4.31 Å². The standard InChI is InChI=1S/C9H12N2OS.ClH/c1-13(10,12)11-6-8-4-2-3-5-9(8)7-11;/h2-5,10H,6-7H2,1H3;1H. The minimum Gasteiger partial charge on any atom is -0.240 e. The number of hydrogen-bond acceptors (Lipinski definition) is 2. The molecule has 3 nitrogen and oxygen atoms in total. The lowest BCUT2D eigenvalue weighted by atomic mass is 10.1. The van der Waals surface area contributed by atoms with Crippen molar-refractivity contribution in [3.63, 3.8) is 0 Å². The Morgan fingerprint density at radius 1 is 1.29 bits per heavy atom. The molecule has 1 N–H and O–H groups in total. The van der Waals surface area contributed by atoms with Crippen LogP contribution in [-0.4, -0.2) is 14.8 Å². The summed E-state index contributed by atoms with van der Waals surface area (Å²) in [4.78, 5) is 0. The first-order valence-electron chi connectivity index (χ1n) is 4.13. The summed E-state index contributed by atoms with van der Waals surface area (Å²) in [6.45, 7) is 1.30. The lowest BCUT2D eigenvalue weighted by Gasteiger charge is -2.13. The van der Waals surface area contributed by atoms with Gasteiger partial charge in [-0.25, -0.2) is 13.3 Å². The molecule has 2 rings (SSSR count). The zero-order valence-corrected chi connectivity index (χ0v) is 9.53. The first-order chi connectivity index (χ1) is 6.07. The van der Waals surface area contributed by atoms with Crippen LogP contribution >= 0.6 is 12.4 Å². The maximum Gasteiger partial charge on any atom is 0.105 e. The maximum atomic E-state index is 11.5. The van der Waals surface area contributed by atoms with Crippen LogP contribution in [0.4, 0.5) is 0 Å². The molecule has 1 atom stereocenters. The molecular weight excluding hydrogens is 220 g/mol. The molecule has 0 radical (unpaired) electrons. The van der Waals surface area contributed by atoms with E-state index in [0.29, 0.717) is 13.1 Å². The Balaban J connectivity index is 0.000000980. The highest BCUT2D eigenvalue weighted by Crippen LogP contribution is 2.24. The lowest BCUT2D eigenvalue weighted by Crippen LogP contribution is -2.22. The van der Waals surface area contributed by atoms with Gasteiger partial charge in [-0.2, -0.15) is 0 Å². The van der Waals surface area contributed by atoms with Gasteiger partial charge in [-0.05, 0) is 11.1 Å². The smallest absolute Gasteiger partial charge is 0.105 e. The van der Waals surface area contributed by atoms with Crippen LogP contribution in [0, 0.1) is 4.78 Å². The predicted octanol–water partition coefficient (Wildman–Crippen LogP) is 2.02. The van der Waals surface area contributed by atoms with E-state index in [-0.39, 0.29) is 12.4 Å². The number of benzene rings is 1. The Morgan fingerprint density at radius 3 is 2.07 bits per heavy atom. The number of rotatable bonds is 1. The number of nitrogens with zero attached hydrogens (tertiary/aromatic N) is 1. The Labute approximate surface area is 90.6 Å². The summed E-state index contributed by atoms with van der Waals surface area (Å²) < 4.78 is 20.6. The van der Waals surface area contributed by atoms with Gasteiger partial charge in [0, 0.05) is 19.3 Å². The van der Waals surface area contributed by atoms with Crippen LogP contribution in [-0.2, 0) is 23.0 Å². The second kappa shape index (κ2) is 3.88. The topological polar surface area (TPSA) is 44.2 Å². The largest absolute Gasteiger partial charge is 0.240 e. The van der Waals surface area contributed by atoms with Crippen LogP contribution in [0.3, 0.4) is 0 Å². The molecule has 5 heteroatoms. The normalized spacial score (nSPS) is 19.5. The molecule has 1 unspecified atom stereocenters. The summed E-state index contributed by atoms with van der Waals surface area (Å²) in [6.07, 6.45) is 1.47. The molecule has 0 saturated heterocycles. The van der Waals surface area contributed by atoms with Gasteiger partial charge in [0.1, 0.15) is 9.92 Å². The van der Waals surface area contributed by atoms with Crippen LogP contribution in [0.15, 0.2) is 24.3 Å². The maximum absolute atomic E-state index is 11.5. The molecular formula is C9H13ClN2OS. The van der Waals surface area contributed by atoms with Crippen molar-refractivity contribution < 1.29 is 4.21 Å². The number of halogens is 1. The van der Waals surface area contributed by atoms with Crippen LogP contribution < -0.4 is 0 Å². The Bertz CT molecular complexity index is 405. The third-order valence-corrected chi connectivity index (χ3v) is 3.55. The molecule has 0 fully saturated rings. The Kier molecular flexibility index (Phi) is 3.19. The highest BCUT2D eigenvalue weighted by atomic mass is 35.5. The van der Waals surface area contributed by atoms with Gasteiger partial charge in [0.2, 0.25) is 0 Å². The van der Waals surface area contributed by atoms with Crippen molar-refractivity contribution in [3.8, 4) is 0 Å². The number of fused-ring (bicyclic) bond motifs is 1. The molecule has 1 aliphatic heterocycles. The number of nitrogens with one attached hydrogen (secondary N) is 1. The van der Waals surface area contributed by atoms with Crippen LogP contribution in [0.2, 0.25) is 0 Å². The lowest BCUT2D eigenvalue weighted by molar-refractivity contribution is 0.468. The van der Waals surface area contributed by atoms with Gasteiger partial charge in [0.25, 0.3) is 0 Å². The summed E-state index contributed by atoms with van der Waals surface area (Å²) in [6, 6.07) is 8.01. The van der Waals surface area contributed by atoms with Crippen LogP contribution in [0.1, 0.15) is 11.1 Å². The van der Waals surface area contributed by atoms with E-state index < -0.39 is 9.92 Å². The Hall–Kier alpha value is -0.580. The van der Waals surface area contributed by atoms with E-state index in [2.05, 4.69) is 0 Å². The molecule has 1 aromatic rings. The minimum absolute atomic E-state index is 0. The number of hydrogen-bond donors (Lipinski definition) is 1. The van der Waals surface area contributed by atoms with Crippen molar-refractivity contribution >= 4 is 22.3 Å². The molecule has 0 aromatic heterocycles. The van der Waals surface area contributed by atoms with Crippen LogP contribution in [0.5, 0.6) is 0 Å². The van der Waals surface area contributed by atoms with Crippen molar-refractivity contribution in [2.24, 2.45) is 0 Å². The van der Waals surface area contributed by atoms with E-state index in [4.69, 9.17) is 4.78 Å². The van der Waals surface area contributed by atoms with Gasteiger partial charge >= 0.3 is 0 Å². The molecule has 1 aromatic carbocycles. The summed E-state index contributed by atoms with van der Waals surface area (Å²) in [5.74, 6) is 0. The molecule has 0 bridgehead atoms. The monoisotopic (exact) mass is 232 g/mol. The van der Waals surface area contributed by atoms with E-state index in [9.17, 15) is 4.21 Å². The second-order valence-electron chi connectivity index (χ2n) is 3.37. The molecule has 0 saturated carbocycles.